The van der Waals surface area contributed by atoms with E-state index in [9.17, 15) is 24.8 Å². The monoisotopic (exact) mass is 672 g/mol. The Kier molecular flexibility index (Phi) is 10.0. The van der Waals surface area contributed by atoms with Gasteiger partial charge >= 0.3 is 5.97 Å². The van der Waals surface area contributed by atoms with Gasteiger partial charge < -0.3 is 19.3 Å². The topological polar surface area (TPSA) is 138 Å². The number of nitro groups is 1. The van der Waals surface area contributed by atoms with Crippen LogP contribution in [-0.4, -0.2) is 40.7 Å². The van der Waals surface area contributed by atoms with Crippen LogP contribution in [-0.2, 0) is 16.1 Å². The number of carbonyl (C=O) groups is 2. The van der Waals surface area contributed by atoms with Crippen LogP contribution in [0.3, 0.4) is 0 Å². The molecule has 1 N–H and O–H groups in total. The summed E-state index contributed by atoms with van der Waals surface area (Å²) < 4.78 is 17.0. The molecule has 1 amide bonds. The second-order valence-corrected chi connectivity index (χ2v) is 10.8. The molecule has 0 aliphatic carbocycles. The molecule has 3 aromatic carbocycles. The molecule has 0 atom stereocenters. The van der Waals surface area contributed by atoms with E-state index in [1.54, 1.807) is 55.5 Å². The third-order valence-corrected chi connectivity index (χ3v) is 7.67. The van der Waals surface area contributed by atoms with Crippen molar-refractivity contribution < 1.29 is 33.8 Å². The molecule has 0 bridgehead atoms. The molecule has 10 nitrogen and oxygen atoms in total. The normalized spacial score (nSPS) is 14.8. The number of hydrogen-bond acceptors (Lipinski definition) is 9. The van der Waals surface area contributed by atoms with Crippen LogP contribution in [0.5, 0.6) is 11.5 Å². The van der Waals surface area contributed by atoms with E-state index < -0.39 is 22.6 Å². The Balaban J connectivity index is 1.65. The molecule has 4 rings (SSSR count). The third kappa shape index (κ3) is 7.01. The lowest BCUT2D eigenvalue weighted by atomic mass is 10.1. The van der Waals surface area contributed by atoms with Crippen molar-refractivity contribution >= 4 is 68.0 Å². The van der Waals surface area contributed by atoms with E-state index in [4.69, 9.17) is 25.8 Å². The number of non-ortho nitro benzene ring substituents is 1. The number of carbonyl (C=O) groups excluding carboxylic acids is 2. The molecule has 216 valence electrons. The predicted molar refractivity (Wildman–Crippen MR) is 163 cm³/mol. The molecular formula is C29H22BrClN2O8S. The maximum absolute atomic E-state index is 12.9. The molecule has 42 heavy (non-hydrogen) atoms. The fraction of sp³-hybridized carbons (Fsp3) is 0.138. The highest BCUT2D eigenvalue weighted by Gasteiger charge is 2.34. The molecule has 1 heterocycles. The number of esters is 1. The first kappa shape index (κ1) is 30.8. The number of thioether (sulfide) groups is 1. The average Bonchev–Trinajstić information content (AvgIpc) is 3.26. The van der Waals surface area contributed by atoms with Gasteiger partial charge in [0, 0.05) is 12.1 Å². The van der Waals surface area contributed by atoms with E-state index in [1.165, 1.54) is 25.3 Å². The Labute approximate surface area is 257 Å². The summed E-state index contributed by atoms with van der Waals surface area (Å²) in [5, 5.41) is 22.2. The molecular weight excluding hydrogens is 652 g/mol. The number of methoxy groups -OCH3 is 1. The van der Waals surface area contributed by atoms with Crippen molar-refractivity contribution in [3.05, 3.63) is 113 Å². The number of hydrogen-bond donors (Lipinski definition) is 1. The average molecular weight is 674 g/mol. The number of amides is 1. The SMILES string of the molecule is CCOC(=O)C1=C(O)/C(=C/c2cc(Br)c(OCc3cccc([N+](=O)[O-])c3)c(OC)c2)SC1=NC(=O)c1ccccc1Cl. The minimum Gasteiger partial charge on any atom is -0.506 e. The van der Waals surface area contributed by atoms with E-state index in [-0.39, 0.29) is 45.0 Å². The predicted octanol–water partition coefficient (Wildman–Crippen LogP) is 7.30. The Bertz CT molecular complexity index is 1670. The first-order valence-electron chi connectivity index (χ1n) is 12.2. The summed E-state index contributed by atoms with van der Waals surface area (Å²) in [6.45, 7) is 1.71. The highest BCUT2D eigenvalue weighted by Crippen LogP contribution is 2.42. The van der Waals surface area contributed by atoms with Gasteiger partial charge in [-0.15, -0.1) is 0 Å². The van der Waals surface area contributed by atoms with Crippen LogP contribution in [0.1, 0.15) is 28.4 Å². The van der Waals surface area contributed by atoms with E-state index >= 15 is 0 Å². The number of aliphatic hydroxyl groups excluding tert-OH is 1. The van der Waals surface area contributed by atoms with Gasteiger partial charge in [-0.05, 0) is 64.3 Å². The number of nitro benzene ring substituents is 1. The van der Waals surface area contributed by atoms with Crippen molar-refractivity contribution in [1.82, 2.24) is 0 Å². The molecule has 0 fully saturated rings. The second-order valence-electron chi connectivity index (χ2n) is 8.51. The van der Waals surface area contributed by atoms with Crippen molar-refractivity contribution in [1.29, 1.82) is 0 Å². The minimum atomic E-state index is -0.833. The van der Waals surface area contributed by atoms with Crippen LogP contribution >= 0.6 is 39.3 Å². The quantitative estimate of drug-likeness (QED) is 0.141. The molecule has 3 aromatic rings. The number of benzene rings is 3. The Hall–Kier alpha value is -4.13. The zero-order valence-corrected chi connectivity index (χ0v) is 25.3. The summed E-state index contributed by atoms with van der Waals surface area (Å²) >= 11 is 10.5. The maximum atomic E-state index is 12.9. The summed E-state index contributed by atoms with van der Waals surface area (Å²) in [6, 6.07) is 15.8. The van der Waals surface area contributed by atoms with Crippen LogP contribution in [0.15, 0.2) is 86.4 Å². The molecule has 0 saturated heterocycles. The molecule has 0 saturated carbocycles. The molecule has 1 aliphatic rings. The molecule has 0 radical (unpaired) electrons. The van der Waals surface area contributed by atoms with Crippen molar-refractivity contribution in [2.24, 2.45) is 4.99 Å². The van der Waals surface area contributed by atoms with Crippen molar-refractivity contribution in [2.45, 2.75) is 13.5 Å². The highest BCUT2D eigenvalue weighted by atomic mass is 79.9. The molecule has 0 unspecified atom stereocenters. The van der Waals surface area contributed by atoms with Gasteiger partial charge in [0.05, 0.1) is 38.6 Å². The van der Waals surface area contributed by atoms with Gasteiger partial charge in [-0.2, -0.15) is 0 Å². The Morgan fingerprint density at radius 3 is 2.62 bits per heavy atom. The second kappa shape index (κ2) is 13.7. The number of ether oxygens (including phenoxy) is 3. The largest absolute Gasteiger partial charge is 0.506 e. The number of aliphatic hydroxyl groups is 1. The summed E-state index contributed by atoms with van der Waals surface area (Å²) in [5.74, 6) is -1.23. The van der Waals surface area contributed by atoms with Crippen LogP contribution in [0.2, 0.25) is 5.02 Å². The summed E-state index contributed by atoms with van der Waals surface area (Å²) in [4.78, 5) is 40.5. The van der Waals surface area contributed by atoms with Crippen molar-refractivity contribution in [2.75, 3.05) is 13.7 Å². The van der Waals surface area contributed by atoms with Gasteiger partial charge in [0.25, 0.3) is 11.6 Å². The fourth-order valence-electron chi connectivity index (χ4n) is 3.81. The lowest BCUT2D eigenvalue weighted by molar-refractivity contribution is -0.384. The van der Waals surface area contributed by atoms with Gasteiger partial charge in [0.15, 0.2) is 11.5 Å². The lowest BCUT2D eigenvalue weighted by Crippen LogP contribution is -2.14. The van der Waals surface area contributed by atoms with Crippen molar-refractivity contribution in [3.63, 3.8) is 0 Å². The lowest BCUT2D eigenvalue weighted by Gasteiger charge is -2.14. The van der Waals surface area contributed by atoms with E-state index in [1.807, 2.05) is 0 Å². The highest BCUT2D eigenvalue weighted by molar-refractivity contribution is 9.10. The zero-order valence-electron chi connectivity index (χ0n) is 22.1. The van der Waals surface area contributed by atoms with Crippen LogP contribution < -0.4 is 9.47 Å². The third-order valence-electron chi connectivity index (χ3n) is 5.73. The first-order chi connectivity index (χ1) is 20.1. The summed E-state index contributed by atoms with van der Waals surface area (Å²) in [7, 11) is 1.45. The molecule has 0 spiro atoms. The molecule has 1 aliphatic heterocycles. The van der Waals surface area contributed by atoms with Gasteiger partial charge in [-0.3, -0.25) is 14.9 Å². The molecule has 0 aromatic heterocycles. The van der Waals surface area contributed by atoms with Crippen LogP contribution in [0, 0.1) is 10.1 Å². The summed E-state index contributed by atoms with van der Waals surface area (Å²) in [5.41, 5.74) is 0.992. The van der Waals surface area contributed by atoms with Crippen LogP contribution in [0.4, 0.5) is 5.69 Å². The fourth-order valence-corrected chi connectivity index (χ4v) is 5.61. The number of nitrogens with zero attached hydrogens (tertiary/aromatic N) is 2. The smallest absolute Gasteiger partial charge is 0.344 e. The number of aliphatic imine (C=N–C) groups is 1. The minimum absolute atomic E-state index is 0.0370. The van der Waals surface area contributed by atoms with Gasteiger partial charge in [-0.25, -0.2) is 9.79 Å². The van der Waals surface area contributed by atoms with Crippen molar-refractivity contribution in [3.8, 4) is 11.5 Å². The Morgan fingerprint density at radius 2 is 1.93 bits per heavy atom. The van der Waals surface area contributed by atoms with Crippen LogP contribution in [0.25, 0.3) is 6.08 Å². The Morgan fingerprint density at radius 1 is 1.17 bits per heavy atom. The number of rotatable bonds is 9. The van der Waals surface area contributed by atoms with E-state index in [0.717, 1.165) is 11.8 Å². The number of halogens is 2. The molecule has 13 heteroatoms. The van der Waals surface area contributed by atoms with Gasteiger partial charge in [0.2, 0.25) is 0 Å². The summed E-state index contributed by atoms with van der Waals surface area (Å²) in [6.07, 6.45) is 1.58. The maximum Gasteiger partial charge on any atom is 0.344 e. The van der Waals surface area contributed by atoms with E-state index in [0.29, 0.717) is 27.1 Å². The van der Waals surface area contributed by atoms with Gasteiger partial charge in [0.1, 0.15) is 23.0 Å². The zero-order chi connectivity index (χ0) is 30.4. The standard InChI is InChI=1S/C29H22BrClN2O8S/c1-3-40-29(36)24-25(34)23(42-28(24)32-27(35)19-9-4-5-10-21(19)31)14-17-12-20(30)26(22(13-17)39-2)41-15-16-7-6-8-18(11-16)33(37)38/h4-14,34H,3,15H2,1-2H3/b23-14-,32-28?. The van der Waals surface area contributed by atoms with E-state index in [2.05, 4.69) is 20.9 Å². The van der Waals surface area contributed by atoms with Gasteiger partial charge in [-0.1, -0.05) is 47.6 Å². The first-order valence-corrected chi connectivity index (χ1v) is 14.2.